The van der Waals surface area contributed by atoms with E-state index in [1.54, 1.807) is 19.9 Å². The molecule has 0 saturated heterocycles. The molecular formula is C13H12F3NO. The zero-order chi connectivity index (χ0) is 13.5. The normalized spacial score (nSPS) is 11.8. The fourth-order valence-corrected chi connectivity index (χ4v) is 1.88. The van der Waals surface area contributed by atoms with Crippen molar-refractivity contribution >= 4 is 5.69 Å². The Kier molecular flexibility index (Phi) is 2.84. The highest BCUT2D eigenvalue weighted by molar-refractivity contribution is 5.78. The maximum atomic E-state index is 12.5. The Bertz CT molecular complexity index is 584. The molecule has 0 atom stereocenters. The minimum Gasteiger partial charge on any atom is -0.466 e. The highest BCUT2D eigenvalue weighted by atomic mass is 19.4. The second-order valence-corrected chi connectivity index (χ2v) is 4.13. The molecule has 0 unspecified atom stereocenters. The largest absolute Gasteiger partial charge is 0.466 e. The molecule has 5 heteroatoms. The molecule has 0 radical (unpaired) electrons. The van der Waals surface area contributed by atoms with E-state index in [0.717, 1.165) is 17.7 Å². The van der Waals surface area contributed by atoms with Gasteiger partial charge in [0, 0.05) is 16.8 Å². The smallest absolute Gasteiger partial charge is 0.416 e. The molecular weight excluding hydrogens is 243 g/mol. The molecule has 0 amide bonds. The van der Waals surface area contributed by atoms with Gasteiger partial charge in [-0.3, -0.25) is 0 Å². The van der Waals surface area contributed by atoms with Gasteiger partial charge in [-0.2, -0.15) is 13.2 Å². The van der Waals surface area contributed by atoms with E-state index < -0.39 is 11.7 Å². The molecule has 1 heterocycles. The molecule has 0 aliphatic heterocycles. The molecule has 0 aliphatic carbocycles. The summed E-state index contributed by atoms with van der Waals surface area (Å²) in [5.41, 5.74) is 6.30. The van der Waals surface area contributed by atoms with E-state index >= 15 is 0 Å². The van der Waals surface area contributed by atoms with E-state index in [1.807, 2.05) is 0 Å². The van der Waals surface area contributed by atoms with Gasteiger partial charge in [0.25, 0.3) is 0 Å². The first-order valence-corrected chi connectivity index (χ1v) is 5.33. The molecule has 0 fully saturated rings. The molecule has 0 saturated carbocycles. The van der Waals surface area contributed by atoms with Crippen molar-refractivity contribution in [1.29, 1.82) is 0 Å². The molecule has 0 spiro atoms. The van der Waals surface area contributed by atoms with E-state index in [0.29, 0.717) is 17.1 Å². The minimum atomic E-state index is -4.38. The number of furan rings is 1. The van der Waals surface area contributed by atoms with Crippen LogP contribution in [0.1, 0.15) is 17.1 Å². The van der Waals surface area contributed by atoms with E-state index in [-0.39, 0.29) is 5.69 Å². The number of nitrogens with two attached hydrogens (primary N) is 1. The van der Waals surface area contributed by atoms with Gasteiger partial charge in [0.2, 0.25) is 0 Å². The third kappa shape index (κ3) is 2.20. The lowest BCUT2D eigenvalue weighted by Gasteiger charge is -2.10. The van der Waals surface area contributed by atoms with Crippen molar-refractivity contribution in [2.24, 2.45) is 0 Å². The van der Waals surface area contributed by atoms with Crippen LogP contribution in [0.5, 0.6) is 0 Å². The van der Waals surface area contributed by atoms with Crippen LogP contribution in [0, 0.1) is 13.8 Å². The van der Waals surface area contributed by atoms with Crippen LogP contribution < -0.4 is 5.73 Å². The van der Waals surface area contributed by atoms with Crippen LogP contribution in [0.3, 0.4) is 0 Å². The molecule has 0 bridgehead atoms. The molecule has 2 aromatic rings. The van der Waals surface area contributed by atoms with Crippen LogP contribution in [-0.4, -0.2) is 0 Å². The third-order valence-corrected chi connectivity index (χ3v) is 2.71. The fraction of sp³-hybridized carbons (Fsp3) is 0.231. The number of benzene rings is 1. The lowest BCUT2D eigenvalue weighted by atomic mass is 10.0. The standard InChI is InChI=1S/C13H12F3NO/c1-7-5-11(8(2)18-7)10-4-3-9(6-12(10)17)13(14,15)16/h3-6H,17H2,1-2H3. The first kappa shape index (κ1) is 12.5. The Labute approximate surface area is 102 Å². The number of nitrogen functional groups attached to an aromatic ring is 1. The van der Waals surface area contributed by atoms with Gasteiger partial charge in [0.05, 0.1) is 5.56 Å². The summed E-state index contributed by atoms with van der Waals surface area (Å²) in [6.07, 6.45) is -4.38. The van der Waals surface area contributed by atoms with Gasteiger partial charge in [-0.25, -0.2) is 0 Å². The van der Waals surface area contributed by atoms with Crippen molar-refractivity contribution in [2.75, 3.05) is 5.73 Å². The molecule has 18 heavy (non-hydrogen) atoms. The molecule has 1 aromatic heterocycles. The summed E-state index contributed by atoms with van der Waals surface area (Å²) in [6, 6.07) is 5.09. The Balaban J connectivity index is 2.51. The topological polar surface area (TPSA) is 39.2 Å². The number of hydrogen-bond donors (Lipinski definition) is 1. The van der Waals surface area contributed by atoms with Gasteiger partial charge in [-0.15, -0.1) is 0 Å². The lowest BCUT2D eigenvalue weighted by molar-refractivity contribution is -0.137. The van der Waals surface area contributed by atoms with Crippen molar-refractivity contribution in [3.05, 3.63) is 41.3 Å². The summed E-state index contributed by atoms with van der Waals surface area (Å²) >= 11 is 0. The highest BCUT2D eigenvalue weighted by Crippen LogP contribution is 2.36. The second kappa shape index (κ2) is 4.08. The zero-order valence-electron chi connectivity index (χ0n) is 9.93. The predicted octanol–water partition coefficient (Wildman–Crippen LogP) is 4.16. The average molecular weight is 255 g/mol. The third-order valence-electron chi connectivity index (χ3n) is 2.71. The lowest BCUT2D eigenvalue weighted by Crippen LogP contribution is -2.05. The predicted molar refractivity (Wildman–Crippen MR) is 63.0 cm³/mol. The van der Waals surface area contributed by atoms with E-state index in [4.69, 9.17) is 10.2 Å². The molecule has 96 valence electrons. The number of rotatable bonds is 1. The Morgan fingerprint density at radius 1 is 1.06 bits per heavy atom. The minimum absolute atomic E-state index is 0.0914. The van der Waals surface area contributed by atoms with E-state index in [9.17, 15) is 13.2 Å². The number of alkyl halides is 3. The number of anilines is 1. The molecule has 2 nitrogen and oxygen atoms in total. The summed E-state index contributed by atoms with van der Waals surface area (Å²) in [5.74, 6) is 1.33. The molecule has 2 N–H and O–H groups in total. The molecule has 0 aliphatic rings. The number of hydrogen-bond acceptors (Lipinski definition) is 2. The monoisotopic (exact) mass is 255 g/mol. The van der Waals surface area contributed by atoms with Gasteiger partial charge in [0.1, 0.15) is 11.5 Å². The van der Waals surface area contributed by atoms with Gasteiger partial charge in [-0.1, -0.05) is 6.07 Å². The van der Waals surface area contributed by atoms with Gasteiger partial charge in [0.15, 0.2) is 0 Å². The highest BCUT2D eigenvalue weighted by Gasteiger charge is 2.31. The maximum absolute atomic E-state index is 12.5. The fourth-order valence-electron chi connectivity index (χ4n) is 1.88. The van der Waals surface area contributed by atoms with Crippen LogP contribution in [0.15, 0.2) is 28.7 Å². The maximum Gasteiger partial charge on any atom is 0.416 e. The SMILES string of the molecule is Cc1cc(-c2ccc(C(F)(F)F)cc2N)c(C)o1. The van der Waals surface area contributed by atoms with Crippen molar-refractivity contribution in [2.45, 2.75) is 20.0 Å². The summed E-state index contributed by atoms with van der Waals surface area (Å²) in [7, 11) is 0. The van der Waals surface area contributed by atoms with E-state index in [2.05, 4.69) is 0 Å². The van der Waals surface area contributed by atoms with Crippen LogP contribution in [0.25, 0.3) is 11.1 Å². The van der Waals surface area contributed by atoms with Crippen LogP contribution in [0.4, 0.5) is 18.9 Å². The van der Waals surface area contributed by atoms with Gasteiger partial charge >= 0.3 is 6.18 Å². The number of halogens is 3. The summed E-state index contributed by atoms with van der Waals surface area (Å²) < 4.78 is 42.9. The Morgan fingerprint density at radius 3 is 2.17 bits per heavy atom. The molecule has 1 aromatic carbocycles. The number of aryl methyl sites for hydroxylation is 2. The Morgan fingerprint density at radius 2 is 1.72 bits per heavy atom. The van der Waals surface area contributed by atoms with Crippen molar-refractivity contribution in [3.8, 4) is 11.1 Å². The van der Waals surface area contributed by atoms with Gasteiger partial charge in [-0.05, 0) is 32.0 Å². The quantitative estimate of drug-likeness (QED) is 0.777. The van der Waals surface area contributed by atoms with Crippen LogP contribution in [-0.2, 0) is 6.18 Å². The average Bonchev–Trinajstić information content (AvgIpc) is 2.56. The molecule has 2 rings (SSSR count). The summed E-state index contributed by atoms with van der Waals surface area (Å²) in [6.45, 7) is 3.52. The summed E-state index contributed by atoms with van der Waals surface area (Å²) in [5, 5.41) is 0. The van der Waals surface area contributed by atoms with Crippen molar-refractivity contribution in [1.82, 2.24) is 0 Å². The summed E-state index contributed by atoms with van der Waals surface area (Å²) in [4.78, 5) is 0. The second-order valence-electron chi connectivity index (χ2n) is 4.13. The van der Waals surface area contributed by atoms with Crippen LogP contribution >= 0.6 is 0 Å². The first-order chi connectivity index (χ1) is 8.29. The Hall–Kier alpha value is -1.91. The van der Waals surface area contributed by atoms with E-state index in [1.165, 1.54) is 6.07 Å². The van der Waals surface area contributed by atoms with Gasteiger partial charge < -0.3 is 10.2 Å². The first-order valence-electron chi connectivity index (χ1n) is 5.33. The van der Waals surface area contributed by atoms with Crippen molar-refractivity contribution < 1.29 is 17.6 Å². The van der Waals surface area contributed by atoms with Crippen molar-refractivity contribution in [3.63, 3.8) is 0 Å². The van der Waals surface area contributed by atoms with Crippen LogP contribution in [0.2, 0.25) is 0 Å². The zero-order valence-corrected chi connectivity index (χ0v) is 9.93.